The van der Waals surface area contributed by atoms with Gasteiger partial charge in [-0.05, 0) is 29.8 Å². The van der Waals surface area contributed by atoms with Gasteiger partial charge in [-0.25, -0.2) is 9.82 Å². The Labute approximate surface area is 152 Å². The van der Waals surface area contributed by atoms with E-state index in [-0.39, 0.29) is 17.8 Å². The van der Waals surface area contributed by atoms with E-state index in [2.05, 4.69) is 20.7 Å². The highest BCUT2D eigenvalue weighted by Gasteiger charge is 2.31. The summed E-state index contributed by atoms with van der Waals surface area (Å²) >= 11 is 0. The van der Waals surface area contributed by atoms with Crippen LogP contribution >= 0.6 is 0 Å². The first-order chi connectivity index (χ1) is 12.7. The van der Waals surface area contributed by atoms with E-state index in [1.807, 2.05) is 29.2 Å². The minimum atomic E-state index is -0.209. The number of benzene rings is 1. The number of carbonyl (C=O) groups excluding carboxylic acids is 1. The van der Waals surface area contributed by atoms with Crippen LogP contribution in [0.15, 0.2) is 42.6 Å². The van der Waals surface area contributed by atoms with Gasteiger partial charge < -0.3 is 9.88 Å². The summed E-state index contributed by atoms with van der Waals surface area (Å²) in [5, 5.41) is 0. The van der Waals surface area contributed by atoms with Crippen LogP contribution in [0, 0.1) is 11.7 Å². The highest BCUT2D eigenvalue weighted by atomic mass is 19.1. The maximum atomic E-state index is 13.2. The van der Waals surface area contributed by atoms with E-state index in [0.29, 0.717) is 11.6 Å². The van der Waals surface area contributed by atoms with Gasteiger partial charge >= 0.3 is 0 Å². The number of amides is 1. The number of hydrogen-bond donors (Lipinski definition) is 3. The van der Waals surface area contributed by atoms with Gasteiger partial charge in [0, 0.05) is 51.4 Å². The van der Waals surface area contributed by atoms with Gasteiger partial charge in [-0.2, -0.15) is 0 Å². The number of aromatic nitrogens is 1. The maximum Gasteiger partial charge on any atom is 0.270 e. The third-order valence-electron chi connectivity index (χ3n) is 5.30. The first kappa shape index (κ1) is 17.2. The van der Waals surface area contributed by atoms with Crippen LogP contribution in [-0.2, 0) is 0 Å². The second-order valence-corrected chi connectivity index (χ2v) is 6.99. The number of aromatic amines is 1. The summed E-state index contributed by atoms with van der Waals surface area (Å²) in [6.45, 7) is 5.06. The van der Waals surface area contributed by atoms with Gasteiger partial charge in [0.15, 0.2) is 0 Å². The summed E-state index contributed by atoms with van der Waals surface area (Å²) in [5.41, 5.74) is 8.29. The molecule has 6 nitrogen and oxygen atoms in total. The molecule has 0 spiro atoms. The lowest BCUT2D eigenvalue weighted by Gasteiger charge is -2.36. The number of nitrogens with zero attached hydrogens (tertiary/aromatic N) is 2. The average Bonchev–Trinajstić information content (AvgIpc) is 3.35. The third-order valence-corrected chi connectivity index (χ3v) is 5.30. The van der Waals surface area contributed by atoms with Crippen molar-refractivity contribution in [3.05, 3.63) is 59.7 Å². The molecule has 2 unspecified atom stereocenters. The van der Waals surface area contributed by atoms with E-state index in [4.69, 9.17) is 0 Å². The Balaban J connectivity index is 1.32. The van der Waals surface area contributed by atoms with Crippen LogP contribution < -0.4 is 10.9 Å². The standard InChI is InChI=1S/C19H24FN5O/c20-16-5-3-14(4-6-16)18-15(12-22-23-18)13-24-8-10-25(11-9-24)19(26)17-2-1-7-21-17/h1-7,15,18,21-23H,8-13H2. The zero-order chi connectivity index (χ0) is 17.9. The molecule has 1 amide bonds. The number of hydrogen-bond acceptors (Lipinski definition) is 4. The van der Waals surface area contributed by atoms with Gasteiger partial charge in [0.1, 0.15) is 11.5 Å². The van der Waals surface area contributed by atoms with Crippen LogP contribution in [0.25, 0.3) is 0 Å². The molecule has 7 heteroatoms. The first-order valence-electron chi connectivity index (χ1n) is 9.09. The number of rotatable bonds is 4. The first-order valence-corrected chi connectivity index (χ1v) is 9.09. The zero-order valence-corrected chi connectivity index (χ0v) is 14.6. The lowest BCUT2D eigenvalue weighted by atomic mass is 9.94. The van der Waals surface area contributed by atoms with Crippen molar-refractivity contribution >= 4 is 5.91 Å². The van der Waals surface area contributed by atoms with Crippen LogP contribution in [0.3, 0.4) is 0 Å². The van der Waals surface area contributed by atoms with E-state index >= 15 is 0 Å². The zero-order valence-electron chi connectivity index (χ0n) is 14.6. The molecule has 0 radical (unpaired) electrons. The summed E-state index contributed by atoms with van der Waals surface area (Å²) in [6.07, 6.45) is 1.78. The van der Waals surface area contributed by atoms with Crippen molar-refractivity contribution in [3.63, 3.8) is 0 Å². The molecular formula is C19H24FN5O. The van der Waals surface area contributed by atoms with Crippen LogP contribution in [0.1, 0.15) is 22.1 Å². The van der Waals surface area contributed by atoms with Crippen molar-refractivity contribution in [2.45, 2.75) is 6.04 Å². The fraction of sp³-hybridized carbons (Fsp3) is 0.421. The summed E-state index contributed by atoms with van der Waals surface area (Å²) < 4.78 is 13.2. The number of H-pyrrole nitrogens is 1. The van der Waals surface area contributed by atoms with E-state index in [0.717, 1.165) is 44.8 Å². The average molecular weight is 357 g/mol. The Morgan fingerprint density at radius 3 is 2.58 bits per heavy atom. The highest BCUT2D eigenvalue weighted by molar-refractivity contribution is 5.92. The van der Waals surface area contributed by atoms with Crippen molar-refractivity contribution < 1.29 is 9.18 Å². The summed E-state index contributed by atoms with van der Waals surface area (Å²) in [4.78, 5) is 19.7. The molecule has 26 heavy (non-hydrogen) atoms. The Kier molecular flexibility index (Phi) is 5.01. The molecule has 3 heterocycles. The predicted octanol–water partition coefficient (Wildman–Crippen LogP) is 1.38. The number of nitrogens with one attached hydrogen (secondary N) is 3. The Hall–Kier alpha value is -2.22. The second kappa shape index (κ2) is 7.57. The molecule has 2 aliphatic rings. The predicted molar refractivity (Wildman–Crippen MR) is 96.9 cm³/mol. The monoisotopic (exact) mass is 357 g/mol. The molecule has 2 aromatic rings. The fourth-order valence-electron chi connectivity index (χ4n) is 3.83. The quantitative estimate of drug-likeness (QED) is 0.774. The Bertz CT molecular complexity index is 725. The molecule has 1 aromatic carbocycles. The fourth-order valence-corrected chi connectivity index (χ4v) is 3.83. The lowest BCUT2D eigenvalue weighted by Crippen LogP contribution is -2.50. The topological polar surface area (TPSA) is 63.4 Å². The van der Waals surface area contributed by atoms with Gasteiger partial charge in [-0.3, -0.25) is 15.1 Å². The Morgan fingerprint density at radius 1 is 1.12 bits per heavy atom. The van der Waals surface area contributed by atoms with E-state index in [1.54, 1.807) is 6.20 Å². The van der Waals surface area contributed by atoms with Crippen LogP contribution in [0.4, 0.5) is 4.39 Å². The molecule has 138 valence electrons. The third kappa shape index (κ3) is 3.65. The van der Waals surface area contributed by atoms with Gasteiger partial charge in [0.25, 0.3) is 5.91 Å². The normalized spacial score (nSPS) is 24.1. The van der Waals surface area contributed by atoms with Crippen molar-refractivity contribution in [1.82, 2.24) is 25.6 Å². The van der Waals surface area contributed by atoms with Gasteiger partial charge in [0.2, 0.25) is 0 Å². The molecule has 4 rings (SSSR count). The highest BCUT2D eigenvalue weighted by Crippen LogP contribution is 2.26. The molecule has 0 saturated carbocycles. The lowest BCUT2D eigenvalue weighted by molar-refractivity contribution is 0.0611. The molecule has 0 aliphatic carbocycles. The molecular weight excluding hydrogens is 333 g/mol. The van der Waals surface area contributed by atoms with Crippen molar-refractivity contribution in [2.75, 3.05) is 39.3 Å². The molecule has 2 saturated heterocycles. The van der Waals surface area contributed by atoms with Gasteiger partial charge in [0.05, 0.1) is 6.04 Å². The molecule has 2 aliphatic heterocycles. The van der Waals surface area contributed by atoms with Gasteiger partial charge in [-0.15, -0.1) is 0 Å². The maximum absolute atomic E-state index is 13.2. The van der Waals surface area contributed by atoms with Gasteiger partial charge in [-0.1, -0.05) is 12.1 Å². The molecule has 0 bridgehead atoms. The molecule has 2 atom stereocenters. The summed E-state index contributed by atoms with van der Waals surface area (Å²) in [7, 11) is 0. The SMILES string of the molecule is O=C(c1ccc[nH]1)N1CCN(CC2CNNC2c2ccc(F)cc2)CC1. The number of carbonyl (C=O) groups is 1. The van der Waals surface area contributed by atoms with E-state index < -0.39 is 0 Å². The second-order valence-electron chi connectivity index (χ2n) is 6.99. The molecule has 1 aromatic heterocycles. The van der Waals surface area contributed by atoms with Crippen molar-refractivity contribution in [3.8, 4) is 0 Å². The number of hydrazine groups is 1. The van der Waals surface area contributed by atoms with Crippen LogP contribution in [-0.4, -0.2) is 60.0 Å². The summed E-state index contributed by atoms with van der Waals surface area (Å²) in [5.74, 6) is 0.272. The van der Waals surface area contributed by atoms with Crippen molar-refractivity contribution in [1.29, 1.82) is 0 Å². The minimum absolute atomic E-state index is 0.0723. The van der Waals surface area contributed by atoms with E-state index in [1.165, 1.54) is 12.1 Å². The smallest absolute Gasteiger partial charge is 0.270 e. The Morgan fingerprint density at radius 2 is 1.88 bits per heavy atom. The minimum Gasteiger partial charge on any atom is -0.357 e. The molecule has 2 fully saturated rings. The summed E-state index contributed by atoms with van der Waals surface area (Å²) in [6, 6.07) is 10.6. The number of piperazine rings is 1. The van der Waals surface area contributed by atoms with E-state index in [9.17, 15) is 9.18 Å². The van der Waals surface area contributed by atoms with Crippen LogP contribution in [0.5, 0.6) is 0 Å². The largest absolute Gasteiger partial charge is 0.357 e. The number of halogens is 1. The molecule has 3 N–H and O–H groups in total. The van der Waals surface area contributed by atoms with Crippen LogP contribution in [0.2, 0.25) is 0 Å². The van der Waals surface area contributed by atoms with Crippen molar-refractivity contribution in [2.24, 2.45) is 5.92 Å².